The zero-order valence-electron chi connectivity index (χ0n) is 10.3. The number of hydrogen-bond acceptors (Lipinski definition) is 5. The van der Waals surface area contributed by atoms with Crippen LogP contribution in [0.1, 0.15) is 29.9 Å². The first kappa shape index (κ1) is 12.7. The highest BCUT2D eigenvalue weighted by Gasteiger charge is 2.15. The molecule has 0 aliphatic rings. The highest BCUT2D eigenvalue weighted by atomic mass is 32.1. The molecule has 96 valence electrons. The maximum absolute atomic E-state index is 12.0. The first-order valence-corrected chi connectivity index (χ1v) is 6.65. The molecule has 1 amide bonds. The van der Waals surface area contributed by atoms with Crippen LogP contribution in [0.3, 0.4) is 0 Å². The molecular formula is C11H15N5OS. The Hall–Kier alpha value is -1.76. The second-order valence-corrected chi connectivity index (χ2v) is 5.24. The van der Waals surface area contributed by atoms with E-state index in [0.717, 1.165) is 6.42 Å². The van der Waals surface area contributed by atoms with Crippen molar-refractivity contribution in [3.8, 4) is 5.69 Å². The molecule has 0 aliphatic carbocycles. The van der Waals surface area contributed by atoms with Crippen LogP contribution >= 0.6 is 11.3 Å². The van der Waals surface area contributed by atoms with Crippen molar-refractivity contribution in [2.75, 3.05) is 6.54 Å². The Labute approximate surface area is 109 Å². The molecule has 2 aromatic rings. The summed E-state index contributed by atoms with van der Waals surface area (Å²) in [5.74, 6) is 0.503. The number of amides is 1. The molecule has 0 atom stereocenters. The van der Waals surface area contributed by atoms with Gasteiger partial charge in [0, 0.05) is 6.54 Å². The van der Waals surface area contributed by atoms with Crippen molar-refractivity contribution in [1.82, 2.24) is 25.5 Å². The molecule has 1 N–H and O–H groups in total. The maximum atomic E-state index is 12.0. The van der Waals surface area contributed by atoms with Crippen molar-refractivity contribution in [2.24, 2.45) is 5.92 Å². The number of nitrogens with zero attached hydrogens (tertiary/aromatic N) is 4. The van der Waals surface area contributed by atoms with E-state index >= 15 is 0 Å². The second kappa shape index (κ2) is 5.72. The highest BCUT2D eigenvalue weighted by Crippen LogP contribution is 2.19. The van der Waals surface area contributed by atoms with Crippen LogP contribution in [-0.4, -0.2) is 32.7 Å². The van der Waals surface area contributed by atoms with Gasteiger partial charge >= 0.3 is 0 Å². The molecule has 0 aromatic carbocycles. The predicted octanol–water partition coefficient (Wildman–Crippen LogP) is 1.50. The number of hydrogen-bond donors (Lipinski definition) is 1. The van der Waals surface area contributed by atoms with E-state index in [9.17, 15) is 4.79 Å². The van der Waals surface area contributed by atoms with Crippen LogP contribution in [-0.2, 0) is 0 Å². The lowest BCUT2D eigenvalue weighted by Crippen LogP contribution is -2.25. The van der Waals surface area contributed by atoms with Crippen LogP contribution in [0.25, 0.3) is 5.69 Å². The molecule has 0 radical (unpaired) electrons. The summed E-state index contributed by atoms with van der Waals surface area (Å²) in [5.41, 5.74) is 0.715. The van der Waals surface area contributed by atoms with E-state index in [2.05, 4.69) is 34.7 Å². The van der Waals surface area contributed by atoms with Gasteiger partial charge in [0.15, 0.2) is 0 Å². The van der Waals surface area contributed by atoms with Gasteiger partial charge in [0.05, 0.1) is 5.69 Å². The van der Waals surface area contributed by atoms with Crippen molar-refractivity contribution in [2.45, 2.75) is 20.3 Å². The summed E-state index contributed by atoms with van der Waals surface area (Å²) in [6.45, 7) is 4.94. The summed E-state index contributed by atoms with van der Waals surface area (Å²) in [4.78, 5) is 12.7. The van der Waals surface area contributed by atoms with Gasteiger partial charge in [-0.25, -0.2) is 0 Å². The van der Waals surface area contributed by atoms with Gasteiger partial charge in [0.1, 0.15) is 11.2 Å². The molecular weight excluding hydrogens is 250 g/mol. The van der Waals surface area contributed by atoms with Gasteiger partial charge in [-0.1, -0.05) is 13.8 Å². The van der Waals surface area contributed by atoms with Gasteiger partial charge in [0.2, 0.25) is 0 Å². The van der Waals surface area contributed by atoms with Gasteiger partial charge in [-0.15, -0.1) is 16.4 Å². The molecule has 6 nitrogen and oxygen atoms in total. The van der Waals surface area contributed by atoms with Gasteiger partial charge in [-0.3, -0.25) is 4.79 Å². The first-order chi connectivity index (χ1) is 8.68. The fourth-order valence-electron chi connectivity index (χ4n) is 1.48. The molecule has 7 heteroatoms. The molecule has 2 aromatic heterocycles. The zero-order chi connectivity index (χ0) is 13.0. The Kier molecular flexibility index (Phi) is 4.03. The Morgan fingerprint density at radius 2 is 2.39 bits per heavy atom. The summed E-state index contributed by atoms with van der Waals surface area (Å²) in [6.07, 6.45) is 2.45. The van der Waals surface area contributed by atoms with Crippen LogP contribution in [0.2, 0.25) is 0 Å². The van der Waals surface area contributed by atoms with Crippen LogP contribution in [0.15, 0.2) is 17.8 Å². The number of rotatable bonds is 5. The average Bonchev–Trinajstić information content (AvgIpc) is 2.99. The van der Waals surface area contributed by atoms with Gasteiger partial charge in [-0.05, 0) is 34.2 Å². The minimum Gasteiger partial charge on any atom is -0.351 e. The standard InChI is InChI=1S/C11H15N5OS/c1-8(2)3-5-12-11(17)10-9(4-6-18-10)16-7-13-14-15-16/h4,6-8H,3,5H2,1-2H3,(H,12,17). The van der Waals surface area contributed by atoms with E-state index in [1.165, 1.54) is 22.3 Å². The number of nitrogens with one attached hydrogen (secondary N) is 1. The normalized spacial score (nSPS) is 10.8. The monoisotopic (exact) mass is 265 g/mol. The third-order valence-electron chi connectivity index (χ3n) is 2.45. The first-order valence-electron chi connectivity index (χ1n) is 5.77. The predicted molar refractivity (Wildman–Crippen MR) is 68.8 cm³/mol. The largest absolute Gasteiger partial charge is 0.351 e. The van der Waals surface area contributed by atoms with Gasteiger partial charge < -0.3 is 5.32 Å². The van der Waals surface area contributed by atoms with Crippen LogP contribution in [0.5, 0.6) is 0 Å². The topological polar surface area (TPSA) is 72.7 Å². The molecule has 2 heterocycles. The van der Waals surface area contributed by atoms with E-state index in [1.807, 2.05) is 11.4 Å². The second-order valence-electron chi connectivity index (χ2n) is 4.33. The lowest BCUT2D eigenvalue weighted by molar-refractivity contribution is 0.0956. The SMILES string of the molecule is CC(C)CCNC(=O)c1sccc1-n1cnnn1. The number of thiophene rings is 1. The quantitative estimate of drug-likeness (QED) is 0.889. The molecule has 0 fully saturated rings. The third-order valence-corrected chi connectivity index (χ3v) is 3.36. The molecule has 0 spiro atoms. The lowest BCUT2D eigenvalue weighted by atomic mass is 10.1. The molecule has 0 saturated carbocycles. The van der Waals surface area contributed by atoms with E-state index in [4.69, 9.17) is 0 Å². The molecule has 0 unspecified atom stereocenters. The minimum atomic E-state index is -0.0730. The highest BCUT2D eigenvalue weighted by molar-refractivity contribution is 7.12. The smallest absolute Gasteiger partial charge is 0.263 e. The van der Waals surface area contributed by atoms with E-state index in [0.29, 0.717) is 23.0 Å². The summed E-state index contributed by atoms with van der Waals surface area (Å²) < 4.78 is 1.49. The van der Waals surface area contributed by atoms with E-state index < -0.39 is 0 Å². The van der Waals surface area contributed by atoms with Crippen molar-refractivity contribution < 1.29 is 4.79 Å². The number of aromatic nitrogens is 4. The van der Waals surface area contributed by atoms with Crippen LogP contribution in [0.4, 0.5) is 0 Å². The average molecular weight is 265 g/mol. The Morgan fingerprint density at radius 3 is 3.06 bits per heavy atom. The fourth-order valence-corrected chi connectivity index (χ4v) is 2.27. The maximum Gasteiger partial charge on any atom is 0.263 e. The van der Waals surface area contributed by atoms with E-state index in [1.54, 1.807) is 0 Å². The third kappa shape index (κ3) is 2.92. The van der Waals surface area contributed by atoms with Gasteiger partial charge in [0.25, 0.3) is 5.91 Å². The Bertz CT molecular complexity index is 505. The molecule has 0 bridgehead atoms. The van der Waals surface area contributed by atoms with Gasteiger partial charge in [-0.2, -0.15) is 4.68 Å². The number of carbonyl (C=O) groups excluding carboxylic acids is 1. The molecule has 2 rings (SSSR count). The Balaban J connectivity index is 2.05. The Morgan fingerprint density at radius 1 is 1.56 bits per heavy atom. The van der Waals surface area contributed by atoms with Crippen molar-refractivity contribution in [3.05, 3.63) is 22.7 Å². The number of tetrazole rings is 1. The van der Waals surface area contributed by atoms with Crippen LogP contribution < -0.4 is 5.32 Å². The lowest BCUT2D eigenvalue weighted by Gasteiger charge is -2.07. The fraction of sp³-hybridized carbons (Fsp3) is 0.455. The summed E-state index contributed by atoms with van der Waals surface area (Å²) in [7, 11) is 0. The summed E-state index contributed by atoms with van der Waals surface area (Å²) >= 11 is 1.39. The minimum absolute atomic E-state index is 0.0730. The molecule has 0 saturated heterocycles. The molecule has 0 aliphatic heterocycles. The van der Waals surface area contributed by atoms with Crippen molar-refractivity contribution in [1.29, 1.82) is 0 Å². The summed E-state index contributed by atoms with van der Waals surface area (Å²) in [5, 5.41) is 15.7. The van der Waals surface area contributed by atoms with E-state index in [-0.39, 0.29) is 5.91 Å². The summed E-state index contributed by atoms with van der Waals surface area (Å²) in [6, 6.07) is 1.83. The van der Waals surface area contributed by atoms with Crippen molar-refractivity contribution >= 4 is 17.2 Å². The van der Waals surface area contributed by atoms with Crippen LogP contribution in [0, 0.1) is 5.92 Å². The van der Waals surface area contributed by atoms with Crippen molar-refractivity contribution in [3.63, 3.8) is 0 Å². The number of carbonyl (C=O) groups is 1. The zero-order valence-corrected chi connectivity index (χ0v) is 11.1. The molecule has 18 heavy (non-hydrogen) atoms.